The van der Waals surface area contributed by atoms with E-state index >= 15 is 0 Å². The van der Waals surface area contributed by atoms with Crippen molar-refractivity contribution < 1.29 is 14.4 Å². The monoisotopic (exact) mass is 251 g/mol. The van der Waals surface area contributed by atoms with Crippen LogP contribution in [0.25, 0.3) is 0 Å². The fourth-order valence-electron chi connectivity index (χ4n) is 2.34. The van der Waals surface area contributed by atoms with Gasteiger partial charge in [-0.05, 0) is 19.3 Å². The smallest absolute Gasteiger partial charge is 0.253 e. The molecule has 18 heavy (non-hydrogen) atoms. The second kappa shape index (κ2) is 5.30. The van der Waals surface area contributed by atoms with Gasteiger partial charge in [0.25, 0.3) is 11.8 Å². The number of carbonyl (C=O) groups excluding carboxylic acids is 3. The van der Waals surface area contributed by atoms with E-state index in [4.69, 9.17) is 5.73 Å². The van der Waals surface area contributed by atoms with Crippen molar-refractivity contribution in [1.29, 1.82) is 0 Å². The minimum atomic E-state index is -0.322. The Labute approximate surface area is 105 Å². The van der Waals surface area contributed by atoms with Gasteiger partial charge < -0.3 is 11.1 Å². The minimum absolute atomic E-state index is 0.0249. The molecule has 0 aromatic heterocycles. The van der Waals surface area contributed by atoms with Crippen LogP contribution in [0.1, 0.15) is 19.3 Å². The molecular formula is C12H17N3O3. The number of rotatable bonds is 4. The first-order valence-corrected chi connectivity index (χ1v) is 6.15. The number of nitrogens with two attached hydrogens (primary N) is 1. The summed E-state index contributed by atoms with van der Waals surface area (Å²) in [5.74, 6) is -0.701. The average Bonchev–Trinajstić information content (AvgIpc) is 2.89. The molecule has 2 aliphatic rings. The molecule has 0 aromatic carbocycles. The zero-order valence-electron chi connectivity index (χ0n) is 10.1. The lowest BCUT2D eigenvalue weighted by Crippen LogP contribution is -2.39. The topological polar surface area (TPSA) is 92.5 Å². The molecule has 2 rings (SSSR count). The van der Waals surface area contributed by atoms with E-state index in [2.05, 4.69) is 5.32 Å². The standard InChI is InChI=1S/C12H17N3O3/c13-9-2-1-8(7-9)12(18)14-5-6-15-10(16)3-4-11(15)17/h3-4,8-9H,1-2,5-7,13H2,(H,14,18)/t8-,9+/m1/s1. The Hall–Kier alpha value is -1.69. The number of hydrogen-bond acceptors (Lipinski definition) is 4. The van der Waals surface area contributed by atoms with Crippen molar-refractivity contribution in [2.45, 2.75) is 25.3 Å². The molecule has 0 bridgehead atoms. The summed E-state index contributed by atoms with van der Waals surface area (Å²) in [4.78, 5) is 35.4. The number of nitrogens with zero attached hydrogens (tertiary/aromatic N) is 1. The van der Waals surface area contributed by atoms with Gasteiger partial charge in [0.2, 0.25) is 5.91 Å². The van der Waals surface area contributed by atoms with Crippen LogP contribution >= 0.6 is 0 Å². The highest BCUT2D eigenvalue weighted by Gasteiger charge is 2.28. The van der Waals surface area contributed by atoms with Crippen LogP contribution in [0, 0.1) is 5.92 Å². The lowest BCUT2D eigenvalue weighted by molar-refractivity contribution is -0.137. The number of amides is 3. The summed E-state index contributed by atoms with van der Waals surface area (Å²) in [6.45, 7) is 0.513. The Balaban J connectivity index is 1.71. The van der Waals surface area contributed by atoms with Crippen molar-refractivity contribution in [2.75, 3.05) is 13.1 Å². The van der Waals surface area contributed by atoms with Crippen LogP contribution in [0.3, 0.4) is 0 Å². The molecule has 0 unspecified atom stereocenters. The molecule has 1 fully saturated rings. The quantitative estimate of drug-likeness (QED) is 0.637. The highest BCUT2D eigenvalue weighted by atomic mass is 16.2. The molecule has 1 aliphatic carbocycles. The van der Waals surface area contributed by atoms with E-state index in [-0.39, 0.29) is 36.2 Å². The van der Waals surface area contributed by atoms with Gasteiger partial charge in [-0.25, -0.2) is 0 Å². The maximum atomic E-state index is 11.8. The van der Waals surface area contributed by atoms with Crippen LogP contribution in [0.15, 0.2) is 12.2 Å². The van der Waals surface area contributed by atoms with Crippen LogP contribution in [-0.2, 0) is 14.4 Å². The first-order valence-electron chi connectivity index (χ1n) is 6.15. The van der Waals surface area contributed by atoms with E-state index in [1.807, 2.05) is 0 Å². The third-order valence-electron chi connectivity index (χ3n) is 3.38. The van der Waals surface area contributed by atoms with Gasteiger partial charge in [0, 0.05) is 37.2 Å². The summed E-state index contributed by atoms with van der Waals surface area (Å²) >= 11 is 0. The largest absolute Gasteiger partial charge is 0.354 e. The predicted molar refractivity (Wildman–Crippen MR) is 64.2 cm³/mol. The van der Waals surface area contributed by atoms with Crippen LogP contribution in [0.2, 0.25) is 0 Å². The summed E-state index contributed by atoms with van der Waals surface area (Å²) in [5, 5.41) is 2.74. The van der Waals surface area contributed by atoms with E-state index in [0.717, 1.165) is 24.2 Å². The fraction of sp³-hybridized carbons (Fsp3) is 0.583. The average molecular weight is 251 g/mol. The third-order valence-corrected chi connectivity index (χ3v) is 3.38. The van der Waals surface area contributed by atoms with E-state index in [0.29, 0.717) is 6.54 Å². The van der Waals surface area contributed by atoms with Gasteiger partial charge in [-0.3, -0.25) is 19.3 Å². The fourth-order valence-corrected chi connectivity index (χ4v) is 2.34. The summed E-state index contributed by atoms with van der Waals surface area (Å²) in [6, 6.07) is 0.117. The molecule has 6 nitrogen and oxygen atoms in total. The molecule has 6 heteroatoms. The predicted octanol–water partition coefficient (Wildman–Crippen LogP) is -0.845. The van der Waals surface area contributed by atoms with E-state index in [1.54, 1.807) is 0 Å². The molecule has 1 saturated carbocycles. The highest BCUT2D eigenvalue weighted by Crippen LogP contribution is 2.23. The first-order chi connectivity index (χ1) is 8.58. The Kier molecular flexibility index (Phi) is 3.76. The molecule has 2 atom stereocenters. The van der Waals surface area contributed by atoms with Gasteiger partial charge in [0.15, 0.2) is 0 Å². The molecular weight excluding hydrogens is 234 g/mol. The van der Waals surface area contributed by atoms with E-state index < -0.39 is 0 Å². The lowest BCUT2D eigenvalue weighted by Gasteiger charge is -2.15. The van der Waals surface area contributed by atoms with Crippen molar-refractivity contribution >= 4 is 17.7 Å². The normalized spacial score (nSPS) is 27.1. The summed E-state index contributed by atoms with van der Waals surface area (Å²) in [7, 11) is 0. The first kappa shape index (κ1) is 12.8. The zero-order valence-corrected chi connectivity index (χ0v) is 10.1. The van der Waals surface area contributed by atoms with Crippen LogP contribution in [0.5, 0.6) is 0 Å². The minimum Gasteiger partial charge on any atom is -0.354 e. The van der Waals surface area contributed by atoms with Gasteiger partial charge >= 0.3 is 0 Å². The maximum Gasteiger partial charge on any atom is 0.253 e. The van der Waals surface area contributed by atoms with E-state index in [9.17, 15) is 14.4 Å². The molecule has 3 amide bonds. The van der Waals surface area contributed by atoms with Crippen molar-refractivity contribution in [3.63, 3.8) is 0 Å². The number of imide groups is 1. The number of carbonyl (C=O) groups is 3. The SMILES string of the molecule is N[C@H]1CC[C@@H](C(=O)NCCN2C(=O)C=CC2=O)C1. The van der Waals surface area contributed by atoms with Crippen LogP contribution in [-0.4, -0.2) is 41.8 Å². The van der Waals surface area contributed by atoms with Gasteiger partial charge in [-0.2, -0.15) is 0 Å². The molecule has 0 aromatic rings. The van der Waals surface area contributed by atoms with Crippen LogP contribution < -0.4 is 11.1 Å². The van der Waals surface area contributed by atoms with Crippen molar-refractivity contribution in [3.05, 3.63) is 12.2 Å². The second-order valence-electron chi connectivity index (χ2n) is 4.72. The molecule has 1 heterocycles. The maximum absolute atomic E-state index is 11.8. The Morgan fingerprint density at radius 1 is 1.33 bits per heavy atom. The van der Waals surface area contributed by atoms with Crippen molar-refractivity contribution in [3.8, 4) is 0 Å². The van der Waals surface area contributed by atoms with Crippen molar-refractivity contribution in [2.24, 2.45) is 11.7 Å². The Morgan fingerprint density at radius 3 is 2.56 bits per heavy atom. The molecule has 0 radical (unpaired) electrons. The molecule has 1 aliphatic heterocycles. The van der Waals surface area contributed by atoms with Gasteiger partial charge in [0.05, 0.1) is 0 Å². The van der Waals surface area contributed by atoms with Gasteiger partial charge in [0.1, 0.15) is 0 Å². The molecule has 0 saturated heterocycles. The van der Waals surface area contributed by atoms with Gasteiger partial charge in [-0.15, -0.1) is 0 Å². The summed E-state index contributed by atoms with van der Waals surface area (Å²) in [5.41, 5.74) is 5.74. The molecule has 0 spiro atoms. The zero-order chi connectivity index (χ0) is 13.1. The lowest BCUT2D eigenvalue weighted by atomic mass is 10.1. The van der Waals surface area contributed by atoms with Crippen molar-refractivity contribution in [1.82, 2.24) is 10.2 Å². The molecule has 98 valence electrons. The van der Waals surface area contributed by atoms with Gasteiger partial charge in [-0.1, -0.05) is 0 Å². The summed E-state index contributed by atoms with van der Waals surface area (Å²) in [6.07, 6.45) is 4.89. The summed E-state index contributed by atoms with van der Waals surface area (Å²) < 4.78 is 0. The third kappa shape index (κ3) is 2.76. The van der Waals surface area contributed by atoms with Crippen LogP contribution in [0.4, 0.5) is 0 Å². The Morgan fingerprint density at radius 2 is 2.00 bits per heavy atom. The van der Waals surface area contributed by atoms with E-state index in [1.165, 1.54) is 12.2 Å². The number of hydrogen-bond donors (Lipinski definition) is 2. The molecule has 3 N–H and O–H groups in total. The Bertz CT molecular complexity index is 387. The highest BCUT2D eigenvalue weighted by molar-refractivity contribution is 6.12. The second-order valence-corrected chi connectivity index (χ2v) is 4.72. The number of nitrogens with one attached hydrogen (secondary N) is 1.